The summed E-state index contributed by atoms with van der Waals surface area (Å²) in [5.74, 6) is -1.05. The molecule has 0 saturated carbocycles. The molecule has 10 heteroatoms. The van der Waals surface area contributed by atoms with Crippen molar-refractivity contribution in [2.75, 3.05) is 11.5 Å². The highest BCUT2D eigenvalue weighted by Crippen LogP contribution is 2.33. The largest absolute Gasteiger partial charge is 0.378 e. The van der Waals surface area contributed by atoms with Crippen LogP contribution in [0.4, 0.5) is 0 Å². The molecule has 0 atom stereocenters. The maximum atomic E-state index is 11.2. The van der Waals surface area contributed by atoms with Gasteiger partial charge in [-0.3, -0.25) is 5.41 Å². The summed E-state index contributed by atoms with van der Waals surface area (Å²) in [5.41, 5.74) is 5.05. The summed E-state index contributed by atoms with van der Waals surface area (Å²) in [6, 6.07) is 0. The van der Waals surface area contributed by atoms with Crippen LogP contribution in [0.25, 0.3) is 0 Å². The molecule has 0 aromatic heterocycles. The summed E-state index contributed by atoms with van der Waals surface area (Å²) in [6.07, 6.45) is 0. The summed E-state index contributed by atoms with van der Waals surface area (Å²) >= 11 is 0.597. The number of hydrogen-bond acceptors (Lipinski definition) is 6. The average Bonchev–Trinajstić information content (AvgIpc) is 2.22. The molecule has 0 spiro atoms. The lowest BCUT2D eigenvalue weighted by atomic mass is 10.6. The molecule has 0 aliphatic carbocycles. The van der Waals surface area contributed by atoms with E-state index in [2.05, 4.69) is 0 Å². The van der Waals surface area contributed by atoms with Gasteiger partial charge in [-0.1, -0.05) is 11.8 Å². The fraction of sp³-hybridized carbons (Fsp3) is 0.400. The van der Waals surface area contributed by atoms with Crippen molar-refractivity contribution in [3.8, 4) is 0 Å². The molecule has 0 amide bonds. The number of rotatable bonds is 2. The fourth-order valence-electron chi connectivity index (χ4n) is 1.04. The van der Waals surface area contributed by atoms with Crippen LogP contribution in [0, 0.1) is 5.41 Å². The van der Waals surface area contributed by atoms with E-state index in [-0.39, 0.29) is 15.0 Å². The zero-order valence-electron chi connectivity index (χ0n) is 7.23. The third kappa shape index (κ3) is 3.37. The van der Waals surface area contributed by atoms with Gasteiger partial charge >= 0.3 is 0 Å². The molecule has 0 aromatic carbocycles. The van der Waals surface area contributed by atoms with Crippen LogP contribution in [0.3, 0.4) is 0 Å². The Morgan fingerprint density at radius 1 is 1.47 bits per heavy atom. The van der Waals surface area contributed by atoms with Gasteiger partial charge in [-0.2, -0.15) is 0 Å². The number of amidine groups is 1. The second kappa shape index (κ2) is 3.96. The normalized spacial score (nSPS) is 20.6. The first-order valence-corrected chi connectivity index (χ1v) is 8.45. The van der Waals surface area contributed by atoms with E-state index >= 15 is 0 Å². The molecule has 1 heterocycles. The van der Waals surface area contributed by atoms with Gasteiger partial charge in [-0.05, 0) is 0 Å². The minimum atomic E-state index is -4.07. The lowest BCUT2D eigenvalue weighted by Gasteiger charge is -1.99. The molecule has 0 saturated heterocycles. The van der Waals surface area contributed by atoms with Crippen molar-refractivity contribution in [3.05, 3.63) is 9.81 Å². The highest BCUT2D eigenvalue weighted by atomic mass is 35.7. The van der Waals surface area contributed by atoms with Gasteiger partial charge in [0.2, 0.25) is 0 Å². The third-order valence-electron chi connectivity index (χ3n) is 1.54. The minimum Gasteiger partial charge on any atom is -0.378 e. The standard InChI is InChI=1S/C5H7ClN2O4S3/c6-15(11,12)4-2-14(9,10)1-3(4)13-5(7)8/h1-2H2,(H3,7,8). The fourth-order valence-corrected chi connectivity index (χ4v) is 6.41. The molecule has 3 N–H and O–H groups in total. The van der Waals surface area contributed by atoms with Crippen molar-refractivity contribution < 1.29 is 16.8 Å². The number of sulfone groups is 1. The molecule has 0 radical (unpaired) electrons. The summed E-state index contributed by atoms with van der Waals surface area (Å²) < 4.78 is 44.4. The van der Waals surface area contributed by atoms with E-state index in [1.54, 1.807) is 0 Å². The number of nitrogens with one attached hydrogen (secondary N) is 1. The van der Waals surface area contributed by atoms with Crippen LogP contribution < -0.4 is 5.73 Å². The Morgan fingerprint density at radius 3 is 2.40 bits per heavy atom. The van der Waals surface area contributed by atoms with Crippen LogP contribution in [0.5, 0.6) is 0 Å². The minimum absolute atomic E-state index is 0.0116. The first kappa shape index (κ1) is 12.8. The molecular weight excluding hydrogens is 284 g/mol. The van der Waals surface area contributed by atoms with Crippen LogP contribution >= 0.6 is 22.4 Å². The molecule has 1 aliphatic heterocycles. The monoisotopic (exact) mass is 290 g/mol. The van der Waals surface area contributed by atoms with Gasteiger partial charge in [0.25, 0.3) is 9.05 Å². The van der Waals surface area contributed by atoms with Gasteiger partial charge < -0.3 is 5.73 Å². The average molecular weight is 291 g/mol. The Bertz CT molecular complexity index is 533. The molecule has 0 fully saturated rings. The van der Waals surface area contributed by atoms with Gasteiger partial charge in [0.15, 0.2) is 15.0 Å². The number of halogens is 1. The van der Waals surface area contributed by atoms with Crippen LogP contribution in [0.15, 0.2) is 9.81 Å². The van der Waals surface area contributed by atoms with Gasteiger partial charge in [0.1, 0.15) is 0 Å². The Balaban J connectivity index is 3.21. The van der Waals surface area contributed by atoms with Gasteiger partial charge in [-0.15, -0.1) is 0 Å². The molecule has 0 aromatic rings. The first-order valence-electron chi connectivity index (χ1n) is 3.51. The SMILES string of the molecule is N=C(N)SC1=C(S(=O)(=O)Cl)CS(=O)(=O)C1. The highest BCUT2D eigenvalue weighted by Gasteiger charge is 2.34. The summed E-state index contributed by atoms with van der Waals surface area (Å²) in [6.45, 7) is 0. The van der Waals surface area contributed by atoms with E-state index in [0.29, 0.717) is 11.8 Å². The Morgan fingerprint density at radius 2 is 2.00 bits per heavy atom. The van der Waals surface area contributed by atoms with Gasteiger partial charge in [-0.25, -0.2) is 16.8 Å². The molecule has 0 unspecified atom stereocenters. The molecule has 0 bridgehead atoms. The predicted molar refractivity (Wildman–Crippen MR) is 60.0 cm³/mol. The lowest BCUT2D eigenvalue weighted by molar-refractivity contribution is 0.601. The van der Waals surface area contributed by atoms with Crippen molar-refractivity contribution >= 4 is 46.5 Å². The number of nitrogens with two attached hydrogens (primary N) is 1. The van der Waals surface area contributed by atoms with Gasteiger partial charge in [0, 0.05) is 15.6 Å². The summed E-state index contributed by atoms with van der Waals surface area (Å²) in [7, 11) is -2.48. The van der Waals surface area contributed by atoms with E-state index in [0.717, 1.165) is 0 Å². The van der Waals surface area contributed by atoms with Crippen molar-refractivity contribution in [3.63, 3.8) is 0 Å². The Labute approximate surface area is 95.7 Å². The van der Waals surface area contributed by atoms with Crippen molar-refractivity contribution in [1.82, 2.24) is 0 Å². The number of thioether (sulfide) groups is 1. The second-order valence-electron chi connectivity index (χ2n) is 2.78. The Kier molecular flexibility index (Phi) is 3.39. The molecule has 15 heavy (non-hydrogen) atoms. The Hall–Kier alpha value is -0.250. The quantitative estimate of drug-likeness (QED) is 0.414. The van der Waals surface area contributed by atoms with Crippen LogP contribution in [0.1, 0.15) is 0 Å². The molecular formula is C5H7ClN2O4S3. The molecule has 86 valence electrons. The topological polar surface area (TPSA) is 118 Å². The zero-order valence-corrected chi connectivity index (χ0v) is 10.4. The van der Waals surface area contributed by atoms with E-state index < -0.39 is 30.4 Å². The lowest BCUT2D eigenvalue weighted by Crippen LogP contribution is -2.06. The van der Waals surface area contributed by atoms with E-state index in [9.17, 15) is 16.8 Å². The van der Waals surface area contributed by atoms with E-state index in [1.165, 1.54) is 0 Å². The predicted octanol–water partition coefficient (Wildman–Crippen LogP) is -0.178. The van der Waals surface area contributed by atoms with Gasteiger partial charge in [0.05, 0.1) is 16.4 Å². The smallest absolute Gasteiger partial charge is 0.259 e. The molecule has 1 aliphatic rings. The zero-order chi connectivity index (χ0) is 11.9. The van der Waals surface area contributed by atoms with E-state index in [4.69, 9.17) is 21.8 Å². The number of hydrogen-bond donors (Lipinski definition) is 2. The van der Waals surface area contributed by atoms with Crippen LogP contribution in [0.2, 0.25) is 0 Å². The van der Waals surface area contributed by atoms with E-state index in [1.807, 2.05) is 0 Å². The summed E-state index contributed by atoms with van der Waals surface area (Å²) in [4.78, 5) is -0.359. The maximum Gasteiger partial charge on any atom is 0.259 e. The first-order chi connectivity index (χ1) is 6.62. The highest BCUT2D eigenvalue weighted by molar-refractivity contribution is 8.21. The third-order valence-corrected chi connectivity index (χ3v) is 5.89. The molecule has 1 rings (SSSR count). The van der Waals surface area contributed by atoms with Crippen molar-refractivity contribution in [2.24, 2.45) is 5.73 Å². The van der Waals surface area contributed by atoms with Crippen LogP contribution in [-0.2, 0) is 18.9 Å². The maximum absolute atomic E-state index is 11.2. The summed E-state index contributed by atoms with van der Waals surface area (Å²) in [5, 5.41) is 6.58. The second-order valence-corrected chi connectivity index (χ2v) is 8.57. The van der Waals surface area contributed by atoms with Crippen LogP contribution in [-0.4, -0.2) is 33.5 Å². The van der Waals surface area contributed by atoms with Crippen molar-refractivity contribution in [2.45, 2.75) is 0 Å². The van der Waals surface area contributed by atoms with Crippen molar-refractivity contribution in [1.29, 1.82) is 5.41 Å². The molecule has 6 nitrogen and oxygen atoms in total.